The van der Waals surface area contributed by atoms with Crippen molar-refractivity contribution in [3.05, 3.63) is 12.2 Å². The molecule has 144 valence electrons. The highest BCUT2D eigenvalue weighted by Gasteiger charge is 2.40. The third-order valence-electron chi connectivity index (χ3n) is 6.72. The summed E-state index contributed by atoms with van der Waals surface area (Å²) in [6.45, 7) is 1.84. The van der Waals surface area contributed by atoms with Gasteiger partial charge in [0.05, 0.1) is 0 Å². The van der Waals surface area contributed by atoms with E-state index in [9.17, 15) is 9.59 Å². The Labute approximate surface area is 155 Å². The predicted octanol–water partition coefficient (Wildman–Crippen LogP) is 2.10. The van der Waals surface area contributed by atoms with Crippen LogP contribution in [0.25, 0.3) is 0 Å². The number of rotatable bonds is 4. The molecule has 6 unspecified atom stereocenters. The third-order valence-corrected chi connectivity index (χ3v) is 6.72. The Hall–Kier alpha value is -1.40. The summed E-state index contributed by atoms with van der Waals surface area (Å²) in [5, 5.41) is 6.61. The zero-order valence-electron chi connectivity index (χ0n) is 15.3. The highest BCUT2D eigenvalue weighted by molar-refractivity contribution is 5.91. The van der Waals surface area contributed by atoms with Crippen LogP contribution < -0.4 is 10.6 Å². The Kier molecular flexibility index (Phi) is 5.60. The SMILES string of the molecule is O=C(/C=C\C(=O)OC1NCC2CCCCC21)OC1NCC2CCCCC21. The van der Waals surface area contributed by atoms with Gasteiger partial charge in [0.15, 0.2) is 12.5 Å². The second-order valence-corrected chi connectivity index (χ2v) is 8.28. The van der Waals surface area contributed by atoms with Crippen molar-refractivity contribution in [1.82, 2.24) is 10.6 Å². The molecule has 2 aliphatic carbocycles. The normalized spacial score (nSPS) is 39.4. The molecule has 0 bridgehead atoms. The Bertz CT molecular complexity index is 516. The maximum absolute atomic E-state index is 12.1. The van der Waals surface area contributed by atoms with Crippen LogP contribution in [0.4, 0.5) is 0 Å². The van der Waals surface area contributed by atoms with Crippen molar-refractivity contribution < 1.29 is 19.1 Å². The number of hydrogen-bond donors (Lipinski definition) is 2. The summed E-state index contributed by atoms with van der Waals surface area (Å²) in [7, 11) is 0. The molecular weight excluding hydrogens is 332 g/mol. The fourth-order valence-corrected chi connectivity index (χ4v) is 5.34. The second kappa shape index (κ2) is 8.09. The molecule has 4 fully saturated rings. The number of fused-ring (bicyclic) bond motifs is 2. The van der Waals surface area contributed by atoms with Crippen molar-refractivity contribution in [2.45, 2.75) is 63.8 Å². The van der Waals surface area contributed by atoms with Crippen molar-refractivity contribution in [3.63, 3.8) is 0 Å². The highest BCUT2D eigenvalue weighted by Crippen LogP contribution is 2.37. The molecule has 2 heterocycles. The summed E-state index contributed by atoms with van der Waals surface area (Å²) >= 11 is 0. The lowest BCUT2D eigenvalue weighted by Gasteiger charge is -2.27. The van der Waals surface area contributed by atoms with E-state index in [-0.39, 0.29) is 12.5 Å². The van der Waals surface area contributed by atoms with E-state index in [4.69, 9.17) is 9.47 Å². The van der Waals surface area contributed by atoms with Crippen molar-refractivity contribution in [2.75, 3.05) is 13.1 Å². The first-order valence-electron chi connectivity index (χ1n) is 10.3. The van der Waals surface area contributed by atoms with Gasteiger partial charge in [0.2, 0.25) is 0 Å². The van der Waals surface area contributed by atoms with E-state index in [1.165, 1.54) is 50.7 Å². The number of hydrogen-bond acceptors (Lipinski definition) is 6. The van der Waals surface area contributed by atoms with E-state index >= 15 is 0 Å². The molecule has 0 aromatic rings. The largest absolute Gasteiger partial charge is 0.443 e. The van der Waals surface area contributed by atoms with E-state index < -0.39 is 11.9 Å². The van der Waals surface area contributed by atoms with Gasteiger partial charge < -0.3 is 9.47 Å². The molecular formula is C20H30N2O4. The standard InChI is InChI=1S/C20H30N2O4/c23-17(25-19-15-7-3-1-5-13(15)11-21-19)9-10-18(24)26-20-16-8-4-2-6-14(16)12-22-20/h9-10,13-16,19-22H,1-8,11-12H2/b10-9-. The van der Waals surface area contributed by atoms with Crippen molar-refractivity contribution in [2.24, 2.45) is 23.7 Å². The summed E-state index contributed by atoms with van der Waals surface area (Å²) in [5.74, 6) is 1.12. The van der Waals surface area contributed by atoms with E-state index in [1.54, 1.807) is 0 Å². The van der Waals surface area contributed by atoms with Gasteiger partial charge in [-0.25, -0.2) is 9.59 Å². The molecule has 2 N–H and O–H groups in total. The Morgan fingerprint density at radius 2 is 1.12 bits per heavy atom. The number of carbonyl (C=O) groups excluding carboxylic acids is 2. The number of nitrogens with one attached hydrogen (secondary N) is 2. The first-order valence-corrected chi connectivity index (χ1v) is 10.3. The minimum Gasteiger partial charge on any atom is -0.443 e. The van der Waals surface area contributed by atoms with E-state index in [2.05, 4.69) is 10.6 Å². The quantitative estimate of drug-likeness (QED) is 0.589. The van der Waals surface area contributed by atoms with Crippen LogP contribution >= 0.6 is 0 Å². The first-order chi connectivity index (χ1) is 12.7. The summed E-state index contributed by atoms with van der Waals surface area (Å²) in [6, 6.07) is 0. The van der Waals surface area contributed by atoms with Gasteiger partial charge in [0.1, 0.15) is 0 Å². The minimum atomic E-state index is -0.472. The molecule has 0 radical (unpaired) electrons. The lowest BCUT2D eigenvalue weighted by atomic mass is 9.81. The van der Waals surface area contributed by atoms with Crippen LogP contribution in [0.15, 0.2) is 12.2 Å². The fraction of sp³-hybridized carbons (Fsp3) is 0.800. The van der Waals surface area contributed by atoms with Gasteiger partial charge in [-0.15, -0.1) is 0 Å². The lowest BCUT2D eigenvalue weighted by molar-refractivity contribution is -0.149. The predicted molar refractivity (Wildman–Crippen MR) is 95.8 cm³/mol. The smallest absolute Gasteiger partial charge is 0.332 e. The molecule has 6 heteroatoms. The average Bonchev–Trinajstić information content (AvgIpc) is 3.25. The number of carbonyl (C=O) groups is 2. The Morgan fingerprint density at radius 3 is 1.58 bits per heavy atom. The average molecular weight is 362 g/mol. The van der Waals surface area contributed by atoms with E-state index in [0.29, 0.717) is 23.7 Å². The summed E-state index contributed by atoms with van der Waals surface area (Å²) in [4.78, 5) is 24.1. The van der Waals surface area contributed by atoms with Crippen LogP contribution in [0.2, 0.25) is 0 Å². The van der Waals surface area contributed by atoms with Crippen LogP contribution in [-0.2, 0) is 19.1 Å². The number of esters is 2. The number of ether oxygens (including phenoxy) is 2. The van der Waals surface area contributed by atoms with Crippen molar-refractivity contribution >= 4 is 11.9 Å². The third kappa shape index (κ3) is 3.96. The van der Waals surface area contributed by atoms with Gasteiger partial charge in [-0.2, -0.15) is 0 Å². The molecule has 0 aromatic heterocycles. The molecule has 4 rings (SSSR count). The summed E-state index contributed by atoms with van der Waals surface area (Å²) < 4.78 is 11.1. The topological polar surface area (TPSA) is 76.7 Å². The molecule has 0 spiro atoms. The van der Waals surface area contributed by atoms with Crippen molar-refractivity contribution in [1.29, 1.82) is 0 Å². The maximum atomic E-state index is 12.1. The van der Waals surface area contributed by atoms with E-state index in [0.717, 1.165) is 25.9 Å². The Balaban J connectivity index is 1.24. The summed E-state index contributed by atoms with van der Waals surface area (Å²) in [6.07, 6.45) is 11.6. The van der Waals surface area contributed by atoms with Crippen LogP contribution in [0.3, 0.4) is 0 Å². The van der Waals surface area contributed by atoms with Crippen LogP contribution in [0.5, 0.6) is 0 Å². The van der Waals surface area contributed by atoms with Crippen molar-refractivity contribution in [3.8, 4) is 0 Å². The van der Waals surface area contributed by atoms with Gasteiger partial charge in [-0.05, 0) is 37.5 Å². The maximum Gasteiger partial charge on any atom is 0.332 e. The Morgan fingerprint density at radius 1 is 0.692 bits per heavy atom. The zero-order valence-corrected chi connectivity index (χ0v) is 15.3. The van der Waals surface area contributed by atoms with Gasteiger partial charge in [0, 0.05) is 37.1 Å². The second-order valence-electron chi connectivity index (χ2n) is 8.28. The molecule has 0 amide bonds. The van der Waals surface area contributed by atoms with Crippen LogP contribution in [0.1, 0.15) is 51.4 Å². The van der Waals surface area contributed by atoms with Crippen LogP contribution in [0, 0.1) is 23.7 Å². The lowest BCUT2D eigenvalue weighted by Crippen LogP contribution is -2.34. The minimum absolute atomic E-state index is 0.215. The molecule has 4 aliphatic rings. The van der Waals surface area contributed by atoms with E-state index in [1.807, 2.05) is 0 Å². The van der Waals surface area contributed by atoms with Gasteiger partial charge >= 0.3 is 11.9 Å². The highest BCUT2D eigenvalue weighted by atomic mass is 16.6. The van der Waals surface area contributed by atoms with Gasteiger partial charge in [0.25, 0.3) is 0 Å². The molecule has 6 atom stereocenters. The van der Waals surface area contributed by atoms with Crippen LogP contribution in [-0.4, -0.2) is 37.5 Å². The molecule has 2 saturated heterocycles. The molecule has 6 nitrogen and oxygen atoms in total. The monoisotopic (exact) mass is 362 g/mol. The first kappa shape index (κ1) is 18.0. The molecule has 0 aromatic carbocycles. The molecule has 2 saturated carbocycles. The fourth-order valence-electron chi connectivity index (χ4n) is 5.34. The molecule has 2 aliphatic heterocycles. The van der Waals surface area contributed by atoms with Gasteiger partial charge in [-0.1, -0.05) is 25.7 Å². The van der Waals surface area contributed by atoms with Gasteiger partial charge in [-0.3, -0.25) is 10.6 Å². The zero-order chi connectivity index (χ0) is 17.9. The summed E-state index contributed by atoms with van der Waals surface area (Å²) in [5.41, 5.74) is 0. The molecule has 26 heavy (non-hydrogen) atoms.